The highest BCUT2D eigenvalue weighted by atomic mass is 16.5. The van der Waals surface area contributed by atoms with Gasteiger partial charge in [-0.3, -0.25) is 14.4 Å². The number of nitrogens with zero attached hydrogens (tertiary/aromatic N) is 4. The fraction of sp³-hybridized carbons (Fsp3) is 0.611. The number of hydrogen-bond acceptors (Lipinski definition) is 6. The zero-order valence-electron chi connectivity index (χ0n) is 15.2. The number of likely N-dealkylation sites (N-methyl/N-ethyl adjacent to an activating group) is 1. The van der Waals surface area contributed by atoms with Crippen molar-refractivity contribution in [3.05, 3.63) is 35.5 Å². The maximum absolute atomic E-state index is 12.6. The van der Waals surface area contributed by atoms with Gasteiger partial charge in [0, 0.05) is 32.3 Å². The second-order valence-electron chi connectivity index (χ2n) is 6.96. The smallest absolute Gasteiger partial charge is 0.256 e. The lowest BCUT2D eigenvalue weighted by Crippen LogP contribution is -2.50. The van der Waals surface area contributed by atoms with Crippen molar-refractivity contribution in [2.24, 2.45) is 7.05 Å². The summed E-state index contributed by atoms with van der Waals surface area (Å²) in [6, 6.07) is 2.08. The van der Waals surface area contributed by atoms with Crippen LogP contribution in [0.3, 0.4) is 0 Å². The Morgan fingerprint density at radius 1 is 1.42 bits per heavy atom. The highest BCUT2D eigenvalue weighted by molar-refractivity contribution is 5.95. The van der Waals surface area contributed by atoms with E-state index in [9.17, 15) is 4.79 Å². The van der Waals surface area contributed by atoms with Gasteiger partial charge >= 0.3 is 0 Å². The first kappa shape index (κ1) is 17.2. The first-order chi connectivity index (χ1) is 12.7. The van der Waals surface area contributed by atoms with Crippen molar-refractivity contribution in [3.63, 3.8) is 0 Å². The Kier molecular flexibility index (Phi) is 4.78. The summed E-state index contributed by atoms with van der Waals surface area (Å²) in [5.74, 6) is 0.229. The Morgan fingerprint density at radius 3 is 2.96 bits per heavy atom. The van der Waals surface area contributed by atoms with Crippen molar-refractivity contribution in [1.82, 2.24) is 25.2 Å². The molecule has 3 heterocycles. The molecule has 2 aromatic rings. The molecule has 1 N–H and O–H groups in total. The Morgan fingerprint density at radius 2 is 2.27 bits per heavy atom. The lowest BCUT2D eigenvalue weighted by molar-refractivity contribution is -0.0708. The van der Waals surface area contributed by atoms with E-state index in [1.165, 1.54) is 6.26 Å². The second-order valence-corrected chi connectivity index (χ2v) is 6.96. The maximum atomic E-state index is 12.6. The topological polar surface area (TPSA) is 85.4 Å². The molecule has 2 atom stereocenters. The number of rotatable bonds is 6. The van der Waals surface area contributed by atoms with Gasteiger partial charge in [0.2, 0.25) is 0 Å². The number of morpholine rings is 1. The lowest BCUT2D eigenvalue weighted by Gasteiger charge is -2.40. The largest absolute Gasteiger partial charge is 0.373 e. The zero-order chi connectivity index (χ0) is 18.1. The van der Waals surface area contributed by atoms with Crippen molar-refractivity contribution in [3.8, 4) is 0 Å². The van der Waals surface area contributed by atoms with E-state index in [0.29, 0.717) is 24.6 Å². The van der Waals surface area contributed by atoms with Gasteiger partial charge in [0.1, 0.15) is 11.8 Å². The molecule has 0 unspecified atom stereocenters. The van der Waals surface area contributed by atoms with Crippen LogP contribution in [0.25, 0.3) is 0 Å². The predicted molar refractivity (Wildman–Crippen MR) is 93.7 cm³/mol. The number of aryl methyl sites for hydroxylation is 1. The summed E-state index contributed by atoms with van der Waals surface area (Å²) in [5.41, 5.74) is 2.42. The van der Waals surface area contributed by atoms with Crippen molar-refractivity contribution in [1.29, 1.82) is 0 Å². The molecule has 1 saturated carbocycles. The molecule has 1 aliphatic heterocycles. The molecule has 1 aliphatic carbocycles. The summed E-state index contributed by atoms with van der Waals surface area (Å²) < 4.78 is 12.9. The average molecular weight is 359 g/mol. The molecule has 2 aromatic heterocycles. The van der Waals surface area contributed by atoms with Gasteiger partial charge in [0.25, 0.3) is 5.91 Å². The molecule has 1 saturated heterocycles. The second kappa shape index (κ2) is 7.20. The SMILES string of the molecule is CCN1CCO[C@@H](CNC(=O)c2conc2C2CC2)[C@@H]1c1ccnn1C. The quantitative estimate of drug-likeness (QED) is 0.841. The first-order valence-corrected chi connectivity index (χ1v) is 9.25. The summed E-state index contributed by atoms with van der Waals surface area (Å²) in [7, 11) is 1.94. The van der Waals surface area contributed by atoms with E-state index in [-0.39, 0.29) is 18.1 Å². The van der Waals surface area contributed by atoms with Crippen molar-refractivity contribution in [2.75, 3.05) is 26.2 Å². The molecule has 4 rings (SSSR count). The van der Waals surface area contributed by atoms with Gasteiger partial charge in [-0.2, -0.15) is 5.10 Å². The van der Waals surface area contributed by atoms with Crippen molar-refractivity contribution >= 4 is 5.91 Å². The molecule has 140 valence electrons. The molecule has 0 aromatic carbocycles. The molecule has 1 amide bonds. The number of nitrogens with one attached hydrogen (secondary N) is 1. The van der Waals surface area contributed by atoms with E-state index in [2.05, 4.69) is 27.4 Å². The number of carbonyl (C=O) groups is 1. The van der Waals surface area contributed by atoms with Crippen LogP contribution in [0.5, 0.6) is 0 Å². The van der Waals surface area contributed by atoms with Crippen molar-refractivity contribution < 1.29 is 14.1 Å². The fourth-order valence-corrected chi connectivity index (χ4v) is 3.72. The minimum Gasteiger partial charge on any atom is -0.373 e. The minimum atomic E-state index is -0.144. The Hall–Kier alpha value is -2.19. The summed E-state index contributed by atoms with van der Waals surface area (Å²) >= 11 is 0. The summed E-state index contributed by atoms with van der Waals surface area (Å²) in [4.78, 5) is 15.0. The van der Waals surface area contributed by atoms with E-state index >= 15 is 0 Å². The van der Waals surface area contributed by atoms with Crippen LogP contribution in [-0.2, 0) is 11.8 Å². The third-order valence-electron chi connectivity index (χ3n) is 5.29. The lowest BCUT2D eigenvalue weighted by atomic mass is 10.0. The van der Waals surface area contributed by atoms with Gasteiger partial charge in [0.05, 0.1) is 30.1 Å². The Labute approximate surface area is 152 Å². The fourth-order valence-electron chi connectivity index (χ4n) is 3.72. The highest BCUT2D eigenvalue weighted by Crippen LogP contribution is 2.40. The highest BCUT2D eigenvalue weighted by Gasteiger charge is 2.36. The van der Waals surface area contributed by atoms with Gasteiger partial charge in [0.15, 0.2) is 0 Å². The number of hydrogen-bond donors (Lipinski definition) is 1. The summed E-state index contributed by atoms with van der Waals surface area (Å²) in [6.07, 6.45) is 5.26. The molecule has 26 heavy (non-hydrogen) atoms. The normalized spacial score (nSPS) is 23.9. The van der Waals surface area contributed by atoms with Crippen LogP contribution in [0.2, 0.25) is 0 Å². The van der Waals surface area contributed by atoms with Gasteiger partial charge < -0.3 is 14.6 Å². The maximum Gasteiger partial charge on any atom is 0.256 e. The Balaban J connectivity index is 1.47. The van der Waals surface area contributed by atoms with Crippen LogP contribution in [0.15, 0.2) is 23.0 Å². The standard InChI is InChI=1S/C18H25N5O3/c1-3-23-8-9-25-15(17(23)14-6-7-20-22(14)2)10-19-18(24)13-11-26-21-16(13)12-4-5-12/h6-7,11-12,15,17H,3-5,8-10H2,1-2H3,(H,19,24)/t15-,17-/m0/s1. The summed E-state index contributed by atoms with van der Waals surface area (Å²) in [5, 5.41) is 11.3. The third kappa shape index (κ3) is 3.26. The van der Waals surface area contributed by atoms with Gasteiger partial charge in [-0.05, 0) is 25.5 Å². The van der Waals surface area contributed by atoms with Gasteiger partial charge in [-0.25, -0.2) is 0 Å². The first-order valence-electron chi connectivity index (χ1n) is 9.25. The Bertz CT molecular complexity index is 766. The van der Waals surface area contributed by atoms with Crippen LogP contribution in [0.1, 0.15) is 53.5 Å². The monoisotopic (exact) mass is 359 g/mol. The van der Waals surface area contributed by atoms with Crippen LogP contribution >= 0.6 is 0 Å². The number of carbonyl (C=O) groups excluding carboxylic acids is 1. The minimum absolute atomic E-state index is 0.0620. The molecular weight excluding hydrogens is 334 g/mol. The third-order valence-corrected chi connectivity index (χ3v) is 5.29. The van der Waals surface area contributed by atoms with E-state index in [0.717, 1.165) is 37.3 Å². The molecule has 0 bridgehead atoms. The van der Waals surface area contributed by atoms with E-state index < -0.39 is 0 Å². The van der Waals surface area contributed by atoms with Crippen LogP contribution < -0.4 is 5.32 Å². The van der Waals surface area contributed by atoms with Crippen LogP contribution in [0, 0.1) is 0 Å². The van der Waals surface area contributed by atoms with Gasteiger partial charge in [-0.15, -0.1) is 0 Å². The number of aromatic nitrogens is 3. The molecule has 8 nitrogen and oxygen atoms in total. The van der Waals surface area contributed by atoms with Crippen LogP contribution in [0.4, 0.5) is 0 Å². The van der Waals surface area contributed by atoms with E-state index in [1.54, 1.807) is 6.20 Å². The van der Waals surface area contributed by atoms with Crippen LogP contribution in [-0.4, -0.2) is 58.1 Å². The molecule has 2 aliphatic rings. The molecule has 2 fully saturated rings. The molecule has 0 spiro atoms. The predicted octanol–water partition coefficient (Wildman–Crippen LogP) is 1.48. The van der Waals surface area contributed by atoms with Crippen molar-refractivity contribution in [2.45, 2.75) is 37.8 Å². The van der Waals surface area contributed by atoms with E-state index in [1.807, 2.05) is 17.8 Å². The summed E-state index contributed by atoms with van der Waals surface area (Å²) in [6.45, 7) is 5.02. The number of amides is 1. The van der Waals surface area contributed by atoms with E-state index in [4.69, 9.17) is 9.26 Å². The molecule has 8 heteroatoms. The molecular formula is C18H25N5O3. The number of ether oxygens (including phenoxy) is 1. The van der Waals surface area contributed by atoms with Gasteiger partial charge in [-0.1, -0.05) is 12.1 Å². The molecule has 0 radical (unpaired) electrons. The zero-order valence-corrected chi connectivity index (χ0v) is 15.2. The average Bonchev–Trinajstić information content (AvgIpc) is 3.22.